The Morgan fingerprint density at radius 3 is 1.34 bits per heavy atom. The minimum Gasteiger partial charge on any atom is -0.0888 e. The minimum absolute atomic E-state index is 1.11. The van der Waals surface area contributed by atoms with E-state index in [9.17, 15) is 0 Å². The van der Waals surface area contributed by atoms with Crippen LogP contribution in [0.2, 0.25) is 0 Å². The fourth-order valence-corrected chi connectivity index (χ4v) is 5.59. The Labute approximate surface area is 193 Å². The zero-order chi connectivity index (χ0) is 20.4. The molecule has 0 bridgehead atoms. The maximum absolute atomic E-state index is 3.58. The molecule has 0 aromatic heterocycles. The first-order chi connectivity index (χ1) is 14.0. The van der Waals surface area contributed by atoms with Crippen LogP contribution in [0.25, 0.3) is 22.3 Å². The van der Waals surface area contributed by atoms with Crippen molar-refractivity contribution < 1.29 is 0 Å². The van der Waals surface area contributed by atoms with Crippen molar-refractivity contribution in [2.24, 2.45) is 0 Å². The van der Waals surface area contributed by atoms with E-state index in [1.54, 1.807) is 0 Å². The van der Waals surface area contributed by atoms with E-state index >= 15 is 0 Å². The normalized spacial score (nSPS) is 10.9. The van der Waals surface area contributed by atoms with E-state index in [1.807, 2.05) is 11.8 Å². The van der Waals surface area contributed by atoms with Crippen molar-refractivity contribution in [2.75, 3.05) is 0 Å². The second-order valence-electron chi connectivity index (χ2n) is 7.01. The highest BCUT2D eigenvalue weighted by atomic mass is 79.9. The van der Waals surface area contributed by atoms with E-state index < -0.39 is 0 Å². The SMILES string of the molecule is Cc1cc(Br)ccc1-c1ccccc1Sc1ccccc1-c1ccc(Br)cc1C. The summed E-state index contributed by atoms with van der Waals surface area (Å²) in [6.45, 7) is 4.33. The van der Waals surface area contributed by atoms with Crippen LogP contribution in [0.3, 0.4) is 0 Å². The van der Waals surface area contributed by atoms with Gasteiger partial charge in [0.05, 0.1) is 0 Å². The van der Waals surface area contributed by atoms with Gasteiger partial charge in [0.1, 0.15) is 0 Å². The molecule has 0 nitrogen and oxygen atoms in total. The first-order valence-corrected chi connectivity index (χ1v) is 11.8. The fourth-order valence-electron chi connectivity index (χ4n) is 3.53. The highest BCUT2D eigenvalue weighted by Gasteiger charge is 2.13. The molecular formula is C26H20Br2S. The lowest BCUT2D eigenvalue weighted by Crippen LogP contribution is -1.89. The predicted molar refractivity (Wildman–Crippen MR) is 133 cm³/mol. The fraction of sp³-hybridized carbons (Fsp3) is 0.0769. The van der Waals surface area contributed by atoms with Crippen molar-refractivity contribution in [3.63, 3.8) is 0 Å². The molecular weight excluding hydrogens is 504 g/mol. The summed E-state index contributed by atoms with van der Waals surface area (Å²) < 4.78 is 2.22. The summed E-state index contributed by atoms with van der Waals surface area (Å²) in [7, 11) is 0. The summed E-state index contributed by atoms with van der Waals surface area (Å²) in [5.74, 6) is 0. The van der Waals surface area contributed by atoms with Gasteiger partial charge in [-0.25, -0.2) is 0 Å². The third-order valence-electron chi connectivity index (χ3n) is 4.95. The number of halogens is 2. The monoisotopic (exact) mass is 522 g/mol. The topological polar surface area (TPSA) is 0 Å². The molecule has 0 N–H and O–H groups in total. The lowest BCUT2D eigenvalue weighted by Gasteiger charge is -2.15. The lowest BCUT2D eigenvalue weighted by molar-refractivity contribution is 1.35. The summed E-state index contributed by atoms with van der Waals surface area (Å²) in [6, 6.07) is 30.3. The quantitative estimate of drug-likeness (QED) is 0.256. The molecule has 3 heteroatoms. The van der Waals surface area contributed by atoms with E-state index in [2.05, 4.69) is 131 Å². The molecule has 4 aromatic rings. The van der Waals surface area contributed by atoms with E-state index in [-0.39, 0.29) is 0 Å². The Bertz CT molecular complexity index is 1090. The molecule has 0 aliphatic rings. The maximum atomic E-state index is 3.58. The average Bonchev–Trinajstić information content (AvgIpc) is 2.70. The maximum Gasteiger partial charge on any atom is 0.0201 e. The summed E-state index contributed by atoms with van der Waals surface area (Å²) in [5, 5.41) is 0. The van der Waals surface area contributed by atoms with Gasteiger partial charge in [-0.15, -0.1) is 0 Å². The Morgan fingerprint density at radius 2 is 0.931 bits per heavy atom. The standard InChI is InChI=1S/C26H20Br2S/c1-17-15-19(27)11-13-21(17)23-7-3-5-9-25(23)29-26-10-6-4-8-24(26)22-14-12-20(28)16-18(22)2/h3-16H,1-2H3. The van der Waals surface area contributed by atoms with Crippen molar-refractivity contribution >= 4 is 43.6 Å². The summed E-state index contributed by atoms with van der Waals surface area (Å²) >= 11 is 8.99. The molecule has 0 unspecified atom stereocenters. The predicted octanol–water partition coefficient (Wildman–Crippen LogP) is 9.31. The van der Waals surface area contributed by atoms with Gasteiger partial charge < -0.3 is 0 Å². The van der Waals surface area contributed by atoms with Crippen molar-refractivity contribution in [2.45, 2.75) is 23.6 Å². The van der Waals surface area contributed by atoms with Gasteiger partial charge in [0, 0.05) is 18.7 Å². The van der Waals surface area contributed by atoms with Crippen LogP contribution in [0.1, 0.15) is 11.1 Å². The van der Waals surface area contributed by atoms with Crippen LogP contribution in [-0.2, 0) is 0 Å². The van der Waals surface area contributed by atoms with Gasteiger partial charge in [0.2, 0.25) is 0 Å². The number of aryl methyl sites for hydroxylation is 2. The largest absolute Gasteiger partial charge is 0.0888 e. The first kappa shape index (κ1) is 20.5. The van der Waals surface area contributed by atoms with E-state index in [4.69, 9.17) is 0 Å². The Hall–Kier alpha value is -1.81. The highest BCUT2D eigenvalue weighted by Crippen LogP contribution is 2.42. The first-order valence-electron chi connectivity index (χ1n) is 9.42. The van der Waals surface area contributed by atoms with Gasteiger partial charge in [-0.2, -0.15) is 0 Å². The Kier molecular flexibility index (Phi) is 6.29. The third kappa shape index (κ3) is 4.53. The molecule has 0 saturated carbocycles. The molecule has 0 saturated heterocycles. The summed E-state index contributed by atoms with van der Waals surface area (Å²) in [5.41, 5.74) is 7.62. The summed E-state index contributed by atoms with van der Waals surface area (Å²) in [4.78, 5) is 2.53. The Morgan fingerprint density at radius 1 is 0.517 bits per heavy atom. The highest BCUT2D eigenvalue weighted by molar-refractivity contribution is 9.10. The van der Waals surface area contributed by atoms with E-state index in [0.717, 1.165) is 8.95 Å². The molecule has 0 fully saturated rings. The molecule has 0 radical (unpaired) electrons. The molecule has 0 amide bonds. The second kappa shape index (κ2) is 8.91. The zero-order valence-electron chi connectivity index (χ0n) is 16.2. The van der Waals surface area contributed by atoms with Gasteiger partial charge in [-0.1, -0.05) is 92.2 Å². The average molecular weight is 524 g/mol. The third-order valence-corrected chi connectivity index (χ3v) is 7.09. The molecule has 0 atom stereocenters. The van der Waals surface area contributed by atoms with Crippen LogP contribution < -0.4 is 0 Å². The molecule has 4 aromatic carbocycles. The van der Waals surface area contributed by atoms with Crippen LogP contribution in [0.4, 0.5) is 0 Å². The van der Waals surface area contributed by atoms with E-state index in [1.165, 1.54) is 43.2 Å². The van der Waals surface area contributed by atoms with Crippen LogP contribution >= 0.6 is 43.6 Å². The second-order valence-corrected chi connectivity index (χ2v) is 9.93. The van der Waals surface area contributed by atoms with Crippen LogP contribution in [0, 0.1) is 13.8 Å². The molecule has 0 aliphatic carbocycles. The number of benzene rings is 4. The number of hydrogen-bond acceptors (Lipinski definition) is 1. The van der Waals surface area contributed by atoms with Crippen molar-refractivity contribution in [3.8, 4) is 22.3 Å². The minimum atomic E-state index is 1.11. The number of hydrogen-bond donors (Lipinski definition) is 0. The molecule has 0 spiro atoms. The van der Waals surface area contributed by atoms with Gasteiger partial charge in [0.25, 0.3) is 0 Å². The van der Waals surface area contributed by atoms with Gasteiger partial charge >= 0.3 is 0 Å². The van der Waals surface area contributed by atoms with Gasteiger partial charge in [0.15, 0.2) is 0 Å². The molecule has 0 heterocycles. The van der Waals surface area contributed by atoms with Crippen molar-refractivity contribution in [1.82, 2.24) is 0 Å². The van der Waals surface area contributed by atoms with Crippen LogP contribution in [0.15, 0.2) is 104 Å². The summed E-state index contributed by atoms with van der Waals surface area (Å²) in [6.07, 6.45) is 0. The Balaban J connectivity index is 1.79. The van der Waals surface area contributed by atoms with Crippen LogP contribution in [-0.4, -0.2) is 0 Å². The van der Waals surface area contributed by atoms with Gasteiger partial charge in [-0.05, 0) is 83.6 Å². The zero-order valence-corrected chi connectivity index (χ0v) is 20.2. The molecule has 4 rings (SSSR count). The van der Waals surface area contributed by atoms with E-state index in [0.29, 0.717) is 0 Å². The van der Waals surface area contributed by atoms with Gasteiger partial charge in [-0.3, -0.25) is 0 Å². The van der Waals surface area contributed by atoms with Crippen molar-refractivity contribution in [1.29, 1.82) is 0 Å². The van der Waals surface area contributed by atoms with Crippen LogP contribution in [0.5, 0.6) is 0 Å². The molecule has 144 valence electrons. The smallest absolute Gasteiger partial charge is 0.0201 e. The number of rotatable bonds is 4. The molecule has 29 heavy (non-hydrogen) atoms. The van der Waals surface area contributed by atoms with Crippen molar-refractivity contribution in [3.05, 3.63) is 105 Å². The molecule has 0 aliphatic heterocycles. The lowest BCUT2D eigenvalue weighted by atomic mass is 10.0.